The van der Waals surface area contributed by atoms with Crippen LogP contribution in [-0.4, -0.2) is 36.0 Å². The molecule has 3 aromatic rings. The van der Waals surface area contributed by atoms with E-state index >= 15 is 0 Å². The van der Waals surface area contributed by atoms with Gasteiger partial charge in [0.1, 0.15) is 0 Å². The highest BCUT2D eigenvalue weighted by Gasteiger charge is 2.37. The normalized spacial score (nSPS) is 16.8. The fourth-order valence-electron chi connectivity index (χ4n) is 5.09. The van der Waals surface area contributed by atoms with Crippen molar-refractivity contribution in [3.05, 3.63) is 70.9 Å². The molecule has 1 fully saturated rings. The minimum Gasteiger partial charge on any atom is -0.378 e. The summed E-state index contributed by atoms with van der Waals surface area (Å²) in [5.74, 6) is 0.0581. The van der Waals surface area contributed by atoms with Gasteiger partial charge < -0.3 is 15.0 Å². The fourth-order valence-corrected chi connectivity index (χ4v) is 5.09. The number of nitrogens with one attached hydrogen (secondary N) is 1. The first-order valence-electron chi connectivity index (χ1n) is 11.7. The van der Waals surface area contributed by atoms with E-state index < -0.39 is 17.3 Å². The van der Waals surface area contributed by atoms with Gasteiger partial charge in [0.15, 0.2) is 0 Å². The van der Waals surface area contributed by atoms with Gasteiger partial charge in [-0.1, -0.05) is 18.2 Å². The summed E-state index contributed by atoms with van der Waals surface area (Å²) in [5.41, 5.74) is 2.23. The highest BCUT2D eigenvalue weighted by molar-refractivity contribution is 5.91. The molecule has 1 aliphatic heterocycles. The molecule has 186 valence electrons. The summed E-state index contributed by atoms with van der Waals surface area (Å²) in [5, 5.41) is 4.27. The Morgan fingerprint density at radius 3 is 2.51 bits per heavy atom. The molecule has 0 saturated carbocycles. The van der Waals surface area contributed by atoms with E-state index in [1.165, 1.54) is 13.0 Å². The zero-order valence-corrected chi connectivity index (χ0v) is 20.4. The number of ether oxygens (including phenoxy) is 1. The summed E-state index contributed by atoms with van der Waals surface area (Å²) < 4.78 is 46.3. The molecular formula is C27H30F3N3O2. The second kappa shape index (κ2) is 9.49. The molecule has 0 bridgehead atoms. The van der Waals surface area contributed by atoms with Crippen LogP contribution in [0.1, 0.15) is 55.0 Å². The molecule has 4 rings (SSSR count). The number of alkyl halides is 3. The van der Waals surface area contributed by atoms with Crippen LogP contribution >= 0.6 is 0 Å². The summed E-state index contributed by atoms with van der Waals surface area (Å²) in [4.78, 5) is 18.1. The molecule has 1 aliphatic rings. The first-order valence-corrected chi connectivity index (χ1v) is 11.7. The molecule has 1 amide bonds. The van der Waals surface area contributed by atoms with Gasteiger partial charge in [0, 0.05) is 50.4 Å². The van der Waals surface area contributed by atoms with Crippen molar-refractivity contribution in [1.29, 1.82) is 0 Å². The van der Waals surface area contributed by atoms with E-state index in [0.717, 1.165) is 28.2 Å². The first kappa shape index (κ1) is 25.0. The van der Waals surface area contributed by atoms with Gasteiger partial charge in [0.2, 0.25) is 5.91 Å². The highest BCUT2D eigenvalue weighted by atomic mass is 19.4. The van der Waals surface area contributed by atoms with Crippen molar-refractivity contribution >= 4 is 22.5 Å². The van der Waals surface area contributed by atoms with Crippen LogP contribution in [0.15, 0.2) is 48.7 Å². The van der Waals surface area contributed by atoms with E-state index in [2.05, 4.69) is 10.3 Å². The number of benzene rings is 2. The van der Waals surface area contributed by atoms with Crippen molar-refractivity contribution in [2.24, 2.45) is 0 Å². The van der Waals surface area contributed by atoms with Gasteiger partial charge in [-0.15, -0.1) is 0 Å². The Morgan fingerprint density at radius 2 is 1.89 bits per heavy atom. The molecule has 0 aliphatic carbocycles. The molecule has 2 aromatic carbocycles. The number of hydrogen-bond donors (Lipinski definition) is 1. The number of methoxy groups -OCH3 is 1. The van der Waals surface area contributed by atoms with Crippen molar-refractivity contribution < 1.29 is 22.7 Å². The lowest BCUT2D eigenvalue weighted by Crippen LogP contribution is -2.45. The maximum atomic E-state index is 13.4. The zero-order chi connectivity index (χ0) is 25.4. The lowest BCUT2D eigenvalue weighted by atomic mass is 9.83. The minimum atomic E-state index is -4.40. The predicted octanol–water partition coefficient (Wildman–Crippen LogP) is 6.22. The van der Waals surface area contributed by atoms with Crippen molar-refractivity contribution in [2.45, 2.75) is 51.4 Å². The molecule has 1 N–H and O–H groups in total. The summed E-state index contributed by atoms with van der Waals surface area (Å²) in [6.45, 7) is 6.17. The molecule has 1 aromatic heterocycles. The minimum absolute atomic E-state index is 0.0581. The zero-order valence-electron chi connectivity index (χ0n) is 20.4. The van der Waals surface area contributed by atoms with Crippen LogP contribution in [-0.2, 0) is 21.3 Å². The monoisotopic (exact) mass is 485 g/mol. The maximum Gasteiger partial charge on any atom is 0.416 e. The SMILES string of the molecule is COC1(c2ccc3nccc(N[C@H](C)c4cccc(C(F)(F)F)c4C)c3c2)CCN(C(C)=O)CC1. The summed E-state index contributed by atoms with van der Waals surface area (Å²) in [7, 11) is 1.69. The van der Waals surface area contributed by atoms with E-state index in [1.54, 1.807) is 26.3 Å². The van der Waals surface area contributed by atoms with Crippen molar-refractivity contribution in [3.8, 4) is 0 Å². The van der Waals surface area contributed by atoms with Crippen LogP contribution in [0.5, 0.6) is 0 Å². The summed E-state index contributed by atoms with van der Waals surface area (Å²) >= 11 is 0. The quantitative estimate of drug-likeness (QED) is 0.466. The number of carbonyl (C=O) groups is 1. The maximum absolute atomic E-state index is 13.4. The topological polar surface area (TPSA) is 54.5 Å². The first-order chi connectivity index (χ1) is 16.6. The predicted molar refractivity (Wildman–Crippen MR) is 130 cm³/mol. The number of hydrogen-bond acceptors (Lipinski definition) is 4. The molecule has 0 radical (unpaired) electrons. The van der Waals surface area contributed by atoms with Crippen LogP contribution in [0.4, 0.5) is 18.9 Å². The third-order valence-electron chi connectivity index (χ3n) is 7.19. The van der Waals surface area contributed by atoms with E-state index in [9.17, 15) is 18.0 Å². The van der Waals surface area contributed by atoms with Crippen LogP contribution < -0.4 is 5.32 Å². The Labute approximate surface area is 203 Å². The lowest BCUT2D eigenvalue weighted by molar-refractivity contribution is -0.138. The van der Waals surface area contributed by atoms with Gasteiger partial charge in [-0.25, -0.2) is 0 Å². The second-order valence-electron chi connectivity index (χ2n) is 9.18. The molecule has 2 heterocycles. The molecule has 35 heavy (non-hydrogen) atoms. The van der Waals surface area contributed by atoms with Crippen LogP contribution in [0.3, 0.4) is 0 Å². The number of nitrogens with zero attached hydrogens (tertiary/aromatic N) is 2. The van der Waals surface area contributed by atoms with Gasteiger partial charge in [0.05, 0.1) is 16.7 Å². The number of anilines is 1. The molecule has 0 spiro atoms. The van der Waals surface area contributed by atoms with Crippen molar-refractivity contribution in [3.63, 3.8) is 0 Å². The Bertz CT molecular complexity index is 1230. The van der Waals surface area contributed by atoms with Gasteiger partial charge in [-0.05, 0) is 67.6 Å². The molecule has 1 atom stereocenters. The Hall–Kier alpha value is -3.13. The Morgan fingerprint density at radius 1 is 1.17 bits per heavy atom. The molecule has 0 unspecified atom stereocenters. The van der Waals surface area contributed by atoms with Gasteiger partial charge in [-0.3, -0.25) is 9.78 Å². The number of rotatable bonds is 5. The van der Waals surface area contributed by atoms with Crippen LogP contribution in [0, 0.1) is 6.92 Å². The second-order valence-corrected chi connectivity index (χ2v) is 9.18. The van der Waals surface area contributed by atoms with E-state index in [0.29, 0.717) is 31.5 Å². The number of pyridine rings is 1. The van der Waals surface area contributed by atoms with Gasteiger partial charge >= 0.3 is 6.18 Å². The van der Waals surface area contributed by atoms with E-state index in [4.69, 9.17) is 4.74 Å². The number of halogens is 3. The van der Waals surface area contributed by atoms with Crippen LogP contribution in [0.2, 0.25) is 0 Å². The average Bonchev–Trinajstić information content (AvgIpc) is 2.83. The molecule has 5 nitrogen and oxygen atoms in total. The number of piperidine rings is 1. The smallest absolute Gasteiger partial charge is 0.378 e. The standard InChI is InChI=1S/C27H30F3N3O2/c1-17-21(6-5-7-23(17)27(28,29)30)18(2)32-25-10-13-31-24-9-8-20(16-22(24)25)26(35-4)11-14-33(15-12-26)19(3)34/h5-10,13,16,18H,11-12,14-15H2,1-4H3,(H,31,32)/t18-/m1/s1. The van der Waals surface area contributed by atoms with E-state index in [-0.39, 0.29) is 17.5 Å². The van der Waals surface area contributed by atoms with E-state index in [1.807, 2.05) is 36.1 Å². The number of fused-ring (bicyclic) bond motifs is 1. The Balaban J connectivity index is 1.68. The third kappa shape index (κ3) is 4.85. The van der Waals surface area contributed by atoms with Gasteiger partial charge in [-0.2, -0.15) is 13.2 Å². The van der Waals surface area contributed by atoms with Crippen LogP contribution in [0.25, 0.3) is 10.9 Å². The number of likely N-dealkylation sites (tertiary alicyclic amines) is 1. The molecule has 1 saturated heterocycles. The highest BCUT2D eigenvalue weighted by Crippen LogP contribution is 2.39. The van der Waals surface area contributed by atoms with Crippen molar-refractivity contribution in [1.82, 2.24) is 9.88 Å². The largest absolute Gasteiger partial charge is 0.416 e. The average molecular weight is 486 g/mol. The summed E-state index contributed by atoms with van der Waals surface area (Å²) in [6.07, 6.45) is -1.35. The third-order valence-corrected chi connectivity index (χ3v) is 7.19. The summed E-state index contributed by atoms with van der Waals surface area (Å²) in [6, 6.07) is 11.7. The number of aromatic nitrogens is 1. The van der Waals surface area contributed by atoms with Gasteiger partial charge in [0.25, 0.3) is 0 Å². The number of amides is 1. The fraction of sp³-hybridized carbons (Fsp3) is 0.407. The number of carbonyl (C=O) groups excluding carboxylic acids is 1. The van der Waals surface area contributed by atoms with Crippen molar-refractivity contribution in [2.75, 3.05) is 25.5 Å². The lowest BCUT2D eigenvalue weighted by Gasteiger charge is -2.41. The molecular weight excluding hydrogens is 455 g/mol. The molecule has 8 heteroatoms. The Kier molecular flexibility index (Phi) is 6.77.